The van der Waals surface area contributed by atoms with Gasteiger partial charge in [-0.25, -0.2) is 4.79 Å². The molecule has 8 heteroatoms. The molecule has 2 aromatic rings. The van der Waals surface area contributed by atoms with E-state index in [-0.39, 0.29) is 29.0 Å². The van der Waals surface area contributed by atoms with Crippen LogP contribution in [0.4, 0.5) is 5.69 Å². The van der Waals surface area contributed by atoms with Crippen LogP contribution in [-0.2, 0) is 13.5 Å². The Morgan fingerprint density at radius 2 is 1.81 bits per heavy atom. The van der Waals surface area contributed by atoms with Gasteiger partial charge in [0.15, 0.2) is 5.78 Å². The number of Topliss-reactive ketones (excluding diaryl/α,β-unsaturated/α-hetero) is 1. The molecule has 0 radical (unpaired) electrons. The number of primary amides is 1. The number of carbonyl (C=O) groups excluding carboxylic acids is 2. The summed E-state index contributed by atoms with van der Waals surface area (Å²) in [5.41, 5.74) is 13.9. The number of nitrogens with one attached hydrogen (secondary N) is 1. The zero-order valence-electron chi connectivity index (χ0n) is 18.4. The minimum atomic E-state index is -0.527. The zero-order valence-corrected chi connectivity index (χ0v) is 18.4. The minimum absolute atomic E-state index is 0.0183. The summed E-state index contributed by atoms with van der Waals surface area (Å²) in [6, 6.07) is 5.57. The number of nitrogens with zero attached hydrogens (tertiary/aromatic N) is 2. The first-order valence-corrected chi connectivity index (χ1v) is 10.9. The van der Waals surface area contributed by atoms with E-state index in [0.717, 1.165) is 31.4 Å². The molecule has 2 aliphatic rings. The first-order chi connectivity index (χ1) is 14.6. The minimum Gasteiger partial charge on any atom is -0.382 e. The van der Waals surface area contributed by atoms with E-state index in [0.29, 0.717) is 35.5 Å². The van der Waals surface area contributed by atoms with Gasteiger partial charge in [0.05, 0.1) is 16.9 Å². The van der Waals surface area contributed by atoms with Crippen molar-refractivity contribution in [3.8, 4) is 5.69 Å². The molecule has 5 N–H and O–H groups in total. The fraction of sp³-hybridized carbons (Fsp3) is 0.522. The second-order valence-corrected chi connectivity index (χ2v) is 9.76. The average molecular weight is 426 g/mol. The van der Waals surface area contributed by atoms with Crippen molar-refractivity contribution in [2.24, 2.45) is 23.9 Å². The molecule has 8 nitrogen and oxygen atoms in total. The van der Waals surface area contributed by atoms with Crippen molar-refractivity contribution in [2.75, 3.05) is 5.32 Å². The first kappa shape index (κ1) is 21.4. The largest absolute Gasteiger partial charge is 0.382 e. The summed E-state index contributed by atoms with van der Waals surface area (Å²) >= 11 is 0. The smallest absolute Gasteiger partial charge is 0.333 e. The van der Waals surface area contributed by atoms with Crippen molar-refractivity contribution in [2.45, 2.75) is 64.5 Å². The van der Waals surface area contributed by atoms with Gasteiger partial charge in [0.25, 0.3) is 5.91 Å². The molecule has 31 heavy (non-hydrogen) atoms. The number of fused-ring (bicyclic) bond motifs is 1. The Balaban J connectivity index is 1.79. The lowest BCUT2D eigenvalue weighted by Crippen LogP contribution is -2.33. The van der Waals surface area contributed by atoms with Crippen LogP contribution in [0.15, 0.2) is 23.0 Å². The number of hydrogen-bond acceptors (Lipinski definition) is 5. The highest BCUT2D eigenvalue weighted by Crippen LogP contribution is 2.35. The van der Waals surface area contributed by atoms with Crippen molar-refractivity contribution >= 4 is 17.4 Å². The molecule has 166 valence electrons. The maximum absolute atomic E-state index is 13.1. The number of hydrogen-bond donors (Lipinski definition) is 3. The highest BCUT2D eigenvalue weighted by Gasteiger charge is 2.36. The third kappa shape index (κ3) is 3.92. The van der Waals surface area contributed by atoms with Gasteiger partial charge in [-0.15, -0.1) is 0 Å². The van der Waals surface area contributed by atoms with Gasteiger partial charge in [0.1, 0.15) is 5.69 Å². The van der Waals surface area contributed by atoms with Crippen LogP contribution in [0.2, 0.25) is 0 Å². The van der Waals surface area contributed by atoms with E-state index in [1.54, 1.807) is 29.8 Å². The predicted octanol–water partition coefficient (Wildman–Crippen LogP) is 2.11. The Morgan fingerprint density at radius 1 is 1.13 bits per heavy atom. The van der Waals surface area contributed by atoms with Crippen LogP contribution >= 0.6 is 0 Å². The van der Waals surface area contributed by atoms with E-state index >= 15 is 0 Å². The van der Waals surface area contributed by atoms with Crippen LogP contribution in [0.5, 0.6) is 0 Å². The topological polar surface area (TPSA) is 125 Å². The summed E-state index contributed by atoms with van der Waals surface area (Å²) in [6.07, 6.45) is 4.69. The molecule has 1 amide bonds. The van der Waals surface area contributed by atoms with Crippen molar-refractivity contribution in [1.82, 2.24) is 9.13 Å². The molecule has 0 bridgehead atoms. The molecule has 1 aromatic heterocycles. The lowest BCUT2D eigenvalue weighted by Gasteiger charge is -2.29. The van der Waals surface area contributed by atoms with Gasteiger partial charge in [0, 0.05) is 31.2 Å². The maximum Gasteiger partial charge on any atom is 0.333 e. The molecule has 2 aliphatic carbocycles. The molecule has 0 aliphatic heterocycles. The van der Waals surface area contributed by atoms with Crippen molar-refractivity contribution < 1.29 is 9.59 Å². The van der Waals surface area contributed by atoms with Crippen LogP contribution in [0.3, 0.4) is 0 Å². The standard InChI is InChI=1S/C23H31N5O3/c1-23(2)11-18-20(19(29)12-23)27(3)22(31)28(18)15-8-9-16(21(25)30)17(10-15)26-14-6-4-13(24)5-7-14/h8-10,13-14,26H,4-7,11-12,24H2,1-3H3,(H2,25,30). The van der Waals surface area contributed by atoms with Crippen LogP contribution < -0.4 is 22.5 Å². The highest BCUT2D eigenvalue weighted by molar-refractivity contribution is 5.99. The number of benzene rings is 1. The number of aromatic nitrogens is 2. The van der Waals surface area contributed by atoms with Crippen LogP contribution in [-0.4, -0.2) is 32.9 Å². The van der Waals surface area contributed by atoms with E-state index < -0.39 is 5.91 Å². The van der Waals surface area contributed by atoms with Gasteiger partial charge >= 0.3 is 5.69 Å². The average Bonchev–Trinajstić information content (AvgIpc) is 2.92. The summed E-state index contributed by atoms with van der Waals surface area (Å²) in [6.45, 7) is 4.07. The second-order valence-electron chi connectivity index (χ2n) is 9.76. The normalized spacial score (nSPS) is 22.8. The third-order valence-electron chi connectivity index (χ3n) is 6.56. The third-order valence-corrected chi connectivity index (χ3v) is 6.56. The van der Waals surface area contributed by atoms with Gasteiger partial charge in [0.2, 0.25) is 0 Å². The van der Waals surface area contributed by atoms with Gasteiger partial charge in [-0.2, -0.15) is 0 Å². The SMILES string of the molecule is Cn1c2c(n(-c3ccc(C(N)=O)c(NC4CCC(N)CC4)c3)c1=O)CC(C)(C)CC2=O. The van der Waals surface area contributed by atoms with Crippen LogP contribution in [0.25, 0.3) is 5.69 Å². The van der Waals surface area contributed by atoms with Crippen molar-refractivity contribution in [3.05, 3.63) is 45.6 Å². The fourth-order valence-corrected chi connectivity index (χ4v) is 4.96. The van der Waals surface area contributed by atoms with E-state index in [2.05, 4.69) is 5.32 Å². The van der Waals surface area contributed by atoms with E-state index in [4.69, 9.17) is 11.5 Å². The molecule has 4 rings (SSSR count). The fourth-order valence-electron chi connectivity index (χ4n) is 4.96. The lowest BCUT2D eigenvalue weighted by atomic mass is 9.77. The Bertz CT molecular complexity index is 1100. The molecule has 0 unspecified atom stereocenters. The number of imidazole rings is 1. The predicted molar refractivity (Wildman–Crippen MR) is 120 cm³/mol. The lowest BCUT2D eigenvalue weighted by molar-refractivity contribution is 0.0900. The monoisotopic (exact) mass is 425 g/mol. The Kier molecular flexibility index (Phi) is 5.29. The first-order valence-electron chi connectivity index (χ1n) is 10.9. The Hall–Kier alpha value is -2.87. The van der Waals surface area contributed by atoms with Crippen molar-refractivity contribution in [1.29, 1.82) is 0 Å². The molecule has 0 spiro atoms. The maximum atomic E-state index is 13.1. The van der Waals surface area contributed by atoms with Crippen molar-refractivity contribution in [3.63, 3.8) is 0 Å². The summed E-state index contributed by atoms with van der Waals surface area (Å²) in [4.78, 5) is 37.9. The van der Waals surface area contributed by atoms with Crippen LogP contribution in [0.1, 0.15) is 72.5 Å². The molecule has 0 atom stereocenters. The quantitative estimate of drug-likeness (QED) is 0.692. The number of anilines is 1. The molecule has 0 saturated heterocycles. The number of carbonyl (C=O) groups is 2. The van der Waals surface area contributed by atoms with E-state index in [1.807, 2.05) is 13.8 Å². The molecular formula is C23H31N5O3. The number of ketones is 1. The van der Waals surface area contributed by atoms with E-state index in [9.17, 15) is 14.4 Å². The number of amides is 1. The summed E-state index contributed by atoms with van der Waals surface area (Å²) in [5, 5.41) is 3.45. The van der Waals surface area contributed by atoms with Gasteiger partial charge in [-0.1, -0.05) is 13.8 Å². The summed E-state index contributed by atoms with van der Waals surface area (Å²) < 4.78 is 3.03. The molecule has 1 fully saturated rings. The van der Waals surface area contributed by atoms with Gasteiger partial charge in [-0.05, 0) is 55.7 Å². The molecule has 1 aromatic carbocycles. The highest BCUT2D eigenvalue weighted by atomic mass is 16.2. The zero-order chi connectivity index (χ0) is 22.5. The molecule has 1 saturated carbocycles. The molecular weight excluding hydrogens is 394 g/mol. The van der Waals surface area contributed by atoms with E-state index in [1.165, 1.54) is 4.57 Å². The Morgan fingerprint density at radius 3 is 2.45 bits per heavy atom. The summed E-state index contributed by atoms with van der Waals surface area (Å²) in [5.74, 6) is -0.546. The Labute approximate surface area is 181 Å². The second kappa shape index (κ2) is 7.67. The van der Waals surface area contributed by atoms with Gasteiger partial charge in [-0.3, -0.25) is 18.7 Å². The summed E-state index contributed by atoms with van der Waals surface area (Å²) in [7, 11) is 1.64. The van der Waals surface area contributed by atoms with Gasteiger partial charge < -0.3 is 16.8 Å². The number of nitrogens with two attached hydrogens (primary N) is 2. The number of rotatable bonds is 4. The van der Waals surface area contributed by atoms with Crippen LogP contribution in [0, 0.1) is 5.41 Å². The molecule has 1 heterocycles.